The number of rotatable bonds is 4. The summed E-state index contributed by atoms with van der Waals surface area (Å²) in [6, 6.07) is 20.5. The van der Waals surface area contributed by atoms with Crippen molar-refractivity contribution in [2.24, 2.45) is 0 Å². The summed E-state index contributed by atoms with van der Waals surface area (Å²) in [6.45, 7) is 11.4. The van der Waals surface area contributed by atoms with Gasteiger partial charge in [0.1, 0.15) is 6.07 Å². The van der Waals surface area contributed by atoms with Crippen LogP contribution in [0.15, 0.2) is 48.5 Å². The van der Waals surface area contributed by atoms with Crippen molar-refractivity contribution in [1.29, 1.82) is 5.26 Å². The van der Waals surface area contributed by atoms with E-state index in [4.69, 9.17) is 0 Å². The molecule has 2 saturated heterocycles. The van der Waals surface area contributed by atoms with Crippen LogP contribution in [0.2, 0.25) is 0 Å². The molecule has 0 spiro atoms. The zero-order chi connectivity index (χ0) is 20.2. The molecule has 2 aromatic carbocycles. The van der Waals surface area contributed by atoms with Crippen molar-refractivity contribution in [2.45, 2.75) is 32.5 Å². The zero-order valence-corrected chi connectivity index (χ0v) is 20.0. The molecule has 5 nitrogen and oxygen atoms in total. The van der Waals surface area contributed by atoms with E-state index >= 15 is 0 Å². The zero-order valence-electron chi connectivity index (χ0n) is 18.3. The minimum Gasteiger partial charge on any atom is -0.368 e. The van der Waals surface area contributed by atoms with Gasteiger partial charge in [-0.25, -0.2) is 0 Å². The van der Waals surface area contributed by atoms with E-state index in [-0.39, 0.29) is 24.8 Å². The highest BCUT2D eigenvalue weighted by molar-refractivity contribution is 5.85. The molecule has 7 heteroatoms. The lowest BCUT2D eigenvalue weighted by molar-refractivity contribution is 0.181. The Hall–Kier alpha value is -1.97. The molecular weight excluding hydrogens is 429 g/mol. The molecule has 0 aliphatic carbocycles. The van der Waals surface area contributed by atoms with E-state index in [1.165, 1.54) is 5.56 Å². The monoisotopic (exact) mass is 461 g/mol. The Bertz CT molecular complexity index is 870. The van der Waals surface area contributed by atoms with Crippen LogP contribution in [0.4, 0.5) is 11.4 Å². The number of anilines is 2. The Morgan fingerprint density at radius 1 is 1.00 bits per heavy atom. The van der Waals surface area contributed by atoms with Gasteiger partial charge in [-0.1, -0.05) is 30.3 Å². The molecule has 1 N–H and O–H groups in total. The molecule has 2 aliphatic heterocycles. The van der Waals surface area contributed by atoms with Gasteiger partial charge in [0.15, 0.2) is 0 Å². The molecule has 4 rings (SSSR count). The summed E-state index contributed by atoms with van der Waals surface area (Å²) in [6.07, 6.45) is 0. The lowest BCUT2D eigenvalue weighted by atomic mass is 10.1. The van der Waals surface area contributed by atoms with Crippen LogP contribution in [0.25, 0.3) is 0 Å². The van der Waals surface area contributed by atoms with Crippen molar-refractivity contribution >= 4 is 36.2 Å². The van der Waals surface area contributed by atoms with E-state index in [2.05, 4.69) is 88.5 Å². The molecule has 2 atom stereocenters. The summed E-state index contributed by atoms with van der Waals surface area (Å²) >= 11 is 0. The van der Waals surface area contributed by atoms with Gasteiger partial charge in [0.05, 0.1) is 11.3 Å². The van der Waals surface area contributed by atoms with Gasteiger partial charge in [-0.3, -0.25) is 4.90 Å². The van der Waals surface area contributed by atoms with Crippen molar-refractivity contribution in [2.75, 3.05) is 49.1 Å². The van der Waals surface area contributed by atoms with Gasteiger partial charge in [-0.05, 0) is 37.6 Å². The largest absolute Gasteiger partial charge is 0.368 e. The predicted octanol–water partition coefficient (Wildman–Crippen LogP) is 3.91. The Morgan fingerprint density at radius 2 is 1.77 bits per heavy atom. The number of piperazine rings is 2. The van der Waals surface area contributed by atoms with Crippen molar-refractivity contribution in [1.82, 2.24) is 10.2 Å². The van der Waals surface area contributed by atoms with Gasteiger partial charge < -0.3 is 15.1 Å². The van der Waals surface area contributed by atoms with E-state index in [0.717, 1.165) is 62.8 Å². The fourth-order valence-corrected chi connectivity index (χ4v) is 4.56. The average molecular weight is 462 g/mol. The van der Waals surface area contributed by atoms with Crippen LogP contribution in [0.1, 0.15) is 25.0 Å². The highest BCUT2D eigenvalue weighted by Gasteiger charge is 2.26. The molecule has 0 saturated carbocycles. The molecule has 0 aromatic heterocycles. The highest BCUT2D eigenvalue weighted by Crippen LogP contribution is 2.29. The summed E-state index contributed by atoms with van der Waals surface area (Å²) in [5.74, 6) is 0. The molecule has 2 fully saturated rings. The third kappa shape index (κ3) is 5.84. The summed E-state index contributed by atoms with van der Waals surface area (Å²) in [4.78, 5) is 7.33. The fraction of sp³-hybridized carbons (Fsp3) is 0.458. The van der Waals surface area contributed by atoms with E-state index < -0.39 is 0 Å². The number of nitrogens with zero attached hydrogens (tertiary/aromatic N) is 4. The molecule has 2 aromatic rings. The molecule has 168 valence electrons. The Balaban J connectivity index is 0.00000171. The molecule has 31 heavy (non-hydrogen) atoms. The molecular formula is C24H33Cl2N5. The second kappa shape index (κ2) is 11.6. The number of hydrogen-bond acceptors (Lipinski definition) is 5. The number of benzene rings is 2. The second-order valence-corrected chi connectivity index (χ2v) is 8.31. The van der Waals surface area contributed by atoms with E-state index in [1.54, 1.807) is 0 Å². The van der Waals surface area contributed by atoms with Crippen LogP contribution < -0.4 is 15.1 Å². The maximum atomic E-state index is 9.83. The third-order valence-corrected chi connectivity index (χ3v) is 6.27. The van der Waals surface area contributed by atoms with Gasteiger partial charge in [0.25, 0.3) is 0 Å². The van der Waals surface area contributed by atoms with Gasteiger partial charge in [-0.15, -0.1) is 24.8 Å². The van der Waals surface area contributed by atoms with Crippen molar-refractivity contribution in [3.63, 3.8) is 0 Å². The first-order valence-corrected chi connectivity index (χ1v) is 10.7. The summed E-state index contributed by atoms with van der Waals surface area (Å²) in [5.41, 5.74) is 4.39. The van der Waals surface area contributed by atoms with Gasteiger partial charge >= 0.3 is 0 Å². The summed E-state index contributed by atoms with van der Waals surface area (Å²) in [5, 5.41) is 13.3. The van der Waals surface area contributed by atoms with Crippen molar-refractivity contribution in [3.8, 4) is 6.07 Å². The molecule has 0 radical (unpaired) electrons. The van der Waals surface area contributed by atoms with Crippen LogP contribution in [-0.2, 0) is 6.54 Å². The Kier molecular flexibility index (Phi) is 9.46. The maximum absolute atomic E-state index is 9.83. The number of halogens is 2. The SMILES string of the molecule is C[C@H]1CN(c2ccc(N3CCNC[C@@H]3C)cc2C#N)CCN1Cc1ccccc1.Cl.Cl. The normalized spacial score (nSPS) is 21.6. The minimum atomic E-state index is 0. The number of nitriles is 1. The molecule has 2 heterocycles. The van der Waals surface area contributed by atoms with Gasteiger partial charge in [-0.2, -0.15) is 5.26 Å². The standard InChI is InChI=1S/C24H31N5.2ClH/c1-19-16-26-10-11-29(19)23-8-9-24(22(14-23)15-25)28-13-12-27(20(2)17-28)18-21-6-4-3-5-7-21;;/h3-9,14,19-20,26H,10-13,16-18H2,1-2H3;2*1H/t19-,20-;;/m0../s1. The van der Waals surface area contributed by atoms with E-state index in [0.29, 0.717) is 12.1 Å². The lowest BCUT2D eigenvalue weighted by Gasteiger charge is -2.41. The van der Waals surface area contributed by atoms with E-state index in [9.17, 15) is 5.26 Å². The van der Waals surface area contributed by atoms with Crippen LogP contribution in [0, 0.1) is 11.3 Å². The highest BCUT2D eigenvalue weighted by atomic mass is 35.5. The van der Waals surface area contributed by atoms with Crippen molar-refractivity contribution in [3.05, 3.63) is 59.7 Å². The molecule has 0 unspecified atom stereocenters. The topological polar surface area (TPSA) is 45.5 Å². The first kappa shape index (κ1) is 25.3. The average Bonchev–Trinajstić information content (AvgIpc) is 2.76. The van der Waals surface area contributed by atoms with Crippen LogP contribution >= 0.6 is 24.8 Å². The predicted molar refractivity (Wildman–Crippen MR) is 134 cm³/mol. The Morgan fingerprint density at radius 3 is 2.45 bits per heavy atom. The second-order valence-electron chi connectivity index (χ2n) is 8.31. The fourth-order valence-electron chi connectivity index (χ4n) is 4.56. The lowest BCUT2D eigenvalue weighted by Crippen LogP contribution is -2.51. The third-order valence-electron chi connectivity index (χ3n) is 6.27. The number of hydrogen-bond donors (Lipinski definition) is 1. The summed E-state index contributed by atoms with van der Waals surface area (Å²) in [7, 11) is 0. The first-order chi connectivity index (χ1) is 14.2. The molecule has 2 aliphatic rings. The van der Waals surface area contributed by atoms with Crippen molar-refractivity contribution < 1.29 is 0 Å². The smallest absolute Gasteiger partial charge is 0.101 e. The van der Waals surface area contributed by atoms with Crippen LogP contribution in [0.5, 0.6) is 0 Å². The quantitative estimate of drug-likeness (QED) is 0.747. The molecule has 0 bridgehead atoms. The van der Waals surface area contributed by atoms with E-state index in [1.807, 2.05) is 0 Å². The van der Waals surface area contributed by atoms with Crippen LogP contribution in [-0.4, -0.2) is 56.3 Å². The van der Waals surface area contributed by atoms with Gasteiger partial charge in [0.2, 0.25) is 0 Å². The first-order valence-electron chi connectivity index (χ1n) is 10.7. The minimum absolute atomic E-state index is 0. The van der Waals surface area contributed by atoms with Gasteiger partial charge in [0, 0.05) is 63.6 Å². The Labute approximate surface area is 198 Å². The maximum Gasteiger partial charge on any atom is 0.101 e. The van der Waals surface area contributed by atoms with Crippen LogP contribution in [0.3, 0.4) is 0 Å². The summed E-state index contributed by atoms with van der Waals surface area (Å²) < 4.78 is 0. The number of nitrogens with one attached hydrogen (secondary N) is 1. The molecule has 0 amide bonds.